The summed E-state index contributed by atoms with van der Waals surface area (Å²) < 4.78 is 48.3. The summed E-state index contributed by atoms with van der Waals surface area (Å²) in [4.78, 5) is 16.2. The molecule has 1 aliphatic carbocycles. The Hall–Kier alpha value is -2.59. The Balaban J connectivity index is 1.46. The van der Waals surface area contributed by atoms with Gasteiger partial charge in [-0.25, -0.2) is 17.9 Å². The number of carbonyl (C=O) groups excluding carboxylic acids is 1. The molecule has 0 spiro atoms. The van der Waals surface area contributed by atoms with Crippen LogP contribution in [-0.2, 0) is 16.1 Å². The van der Waals surface area contributed by atoms with Gasteiger partial charge in [0, 0.05) is 10.4 Å². The van der Waals surface area contributed by atoms with Crippen LogP contribution in [0.3, 0.4) is 0 Å². The minimum absolute atomic E-state index is 0.0801. The number of aliphatic hydroxyl groups excluding tert-OH is 4. The Morgan fingerprint density at radius 2 is 1.83 bits per heavy atom. The highest BCUT2D eigenvalue weighted by atomic mass is 35.5. The smallest absolute Gasteiger partial charge is 0.255 e. The number of carbonyl (C=O) groups is 1. The van der Waals surface area contributed by atoms with Crippen molar-refractivity contribution in [3.63, 3.8) is 0 Å². The molecule has 4 N–H and O–H groups in total. The quantitative estimate of drug-likeness (QED) is 0.297. The maximum atomic E-state index is 14.0. The SMILES string of the molecule is O=C([C@@H]1O[C@H](CO)[C@H](O)[C@H](n2cc(-c3cc(F)c(F)c(F)c3)nn2)[C@H]1O)N(Cc1ccc(Cl)s1)[C@H]1CCCC[C@@H]1O. The fraction of sp³-hybridized carbons (Fsp3) is 0.500. The van der Waals surface area contributed by atoms with Gasteiger partial charge in [-0.3, -0.25) is 4.79 Å². The molecule has 0 unspecified atom stereocenters. The van der Waals surface area contributed by atoms with E-state index in [1.807, 2.05) is 0 Å². The number of thiophene rings is 1. The van der Waals surface area contributed by atoms with Crippen LogP contribution in [-0.4, -0.2) is 89.4 Å². The van der Waals surface area contributed by atoms with Crippen LogP contribution in [0.5, 0.6) is 0 Å². The second-order valence-electron chi connectivity index (χ2n) is 10.2. The number of amides is 1. The summed E-state index contributed by atoms with van der Waals surface area (Å²) in [6, 6.07) is 2.92. The van der Waals surface area contributed by atoms with E-state index >= 15 is 0 Å². The number of hydrogen-bond donors (Lipinski definition) is 4. The van der Waals surface area contributed by atoms with E-state index in [1.54, 1.807) is 12.1 Å². The molecule has 0 bridgehead atoms. The Labute approximate surface area is 241 Å². The van der Waals surface area contributed by atoms with Crippen molar-refractivity contribution < 1.29 is 43.1 Å². The monoisotopic (exact) mass is 616 g/mol. The molecule has 2 fully saturated rings. The van der Waals surface area contributed by atoms with E-state index in [0.29, 0.717) is 17.2 Å². The number of rotatable bonds is 7. The fourth-order valence-electron chi connectivity index (χ4n) is 5.46. The van der Waals surface area contributed by atoms with Gasteiger partial charge in [0.1, 0.15) is 30.0 Å². The second kappa shape index (κ2) is 12.3. The largest absolute Gasteiger partial charge is 0.394 e. The van der Waals surface area contributed by atoms with Crippen molar-refractivity contribution in [1.82, 2.24) is 19.9 Å². The van der Waals surface area contributed by atoms with Gasteiger partial charge in [0.15, 0.2) is 23.6 Å². The molecule has 41 heavy (non-hydrogen) atoms. The maximum absolute atomic E-state index is 14.0. The van der Waals surface area contributed by atoms with Crippen molar-refractivity contribution in [3.05, 3.63) is 57.1 Å². The zero-order valence-electron chi connectivity index (χ0n) is 21.5. The molecule has 1 amide bonds. The molecule has 15 heteroatoms. The molecule has 5 rings (SSSR count). The van der Waals surface area contributed by atoms with Crippen LogP contribution in [0.2, 0.25) is 4.34 Å². The Morgan fingerprint density at radius 3 is 2.46 bits per heavy atom. The summed E-state index contributed by atoms with van der Waals surface area (Å²) >= 11 is 7.35. The van der Waals surface area contributed by atoms with Crippen molar-refractivity contribution in [2.75, 3.05) is 6.61 Å². The van der Waals surface area contributed by atoms with Gasteiger partial charge in [0.25, 0.3) is 5.91 Å². The van der Waals surface area contributed by atoms with Gasteiger partial charge in [-0.2, -0.15) is 0 Å². The van der Waals surface area contributed by atoms with E-state index in [1.165, 1.54) is 22.4 Å². The van der Waals surface area contributed by atoms with Gasteiger partial charge in [-0.1, -0.05) is 29.7 Å². The summed E-state index contributed by atoms with van der Waals surface area (Å²) in [5.74, 6) is -5.21. The number of aliphatic hydroxyl groups is 4. The molecule has 2 aliphatic rings. The van der Waals surface area contributed by atoms with Gasteiger partial charge in [-0.15, -0.1) is 16.4 Å². The van der Waals surface area contributed by atoms with Crippen LogP contribution in [0.25, 0.3) is 11.3 Å². The molecular weight excluding hydrogens is 589 g/mol. The van der Waals surface area contributed by atoms with Gasteiger partial charge < -0.3 is 30.1 Å². The summed E-state index contributed by atoms with van der Waals surface area (Å²) in [6.45, 7) is -0.632. The van der Waals surface area contributed by atoms with Crippen molar-refractivity contribution >= 4 is 28.8 Å². The van der Waals surface area contributed by atoms with Crippen molar-refractivity contribution in [3.8, 4) is 11.3 Å². The minimum Gasteiger partial charge on any atom is -0.394 e. The van der Waals surface area contributed by atoms with E-state index < -0.39 is 72.6 Å². The van der Waals surface area contributed by atoms with Crippen LogP contribution in [0.4, 0.5) is 13.2 Å². The summed E-state index contributed by atoms with van der Waals surface area (Å²) in [7, 11) is 0. The zero-order chi connectivity index (χ0) is 29.4. The second-order valence-corrected chi connectivity index (χ2v) is 12.0. The first-order chi connectivity index (χ1) is 19.6. The van der Waals surface area contributed by atoms with E-state index in [0.717, 1.165) is 34.5 Å². The first-order valence-electron chi connectivity index (χ1n) is 13.0. The highest BCUT2D eigenvalue weighted by molar-refractivity contribution is 7.16. The molecule has 7 atom stereocenters. The lowest BCUT2D eigenvalue weighted by Crippen LogP contribution is -2.62. The average Bonchev–Trinajstić information content (AvgIpc) is 3.60. The molecule has 1 aliphatic heterocycles. The van der Waals surface area contributed by atoms with Crippen LogP contribution >= 0.6 is 22.9 Å². The summed E-state index contributed by atoms with van der Waals surface area (Å²) in [6.07, 6.45) is -3.26. The molecular formula is C26H28ClF3N4O6S. The Morgan fingerprint density at radius 1 is 1.12 bits per heavy atom. The minimum atomic E-state index is -1.72. The van der Waals surface area contributed by atoms with Gasteiger partial charge in [0.2, 0.25) is 0 Å². The number of benzene rings is 1. The number of hydrogen-bond acceptors (Lipinski definition) is 9. The number of halogens is 4. The summed E-state index contributed by atoms with van der Waals surface area (Å²) in [5, 5.41) is 50.7. The van der Waals surface area contributed by atoms with Crippen molar-refractivity contribution in [2.45, 2.75) is 74.8 Å². The van der Waals surface area contributed by atoms with Crippen LogP contribution in [0.15, 0.2) is 30.5 Å². The lowest BCUT2D eigenvalue weighted by atomic mass is 9.88. The van der Waals surface area contributed by atoms with E-state index in [4.69, 9.17) is 16.3 Å². The standard InChI is InChI=1S/C26H28ClF3N4O6S/c27-20-6-5-13(41-20)9-33(17-3-1-2-4-18(17)36)26(39)25-24(38)22(23(37)19(11-35)40-25)34-10-16(31-32-34)12-7-14(28)21(30)15(29)8-12/h5-8,10,17-19,22-25,35-38H,1-4,9,11H2/t17-,18-,19+,22-,23-,24+,25+/m0/s1. The lowest BCUT2D eigenvalue weighted by molar-refractivity contribution is -0.214. The number of aromatic nitrogens is 3. The lowest BCUT2D eigenvalue weighted by Gasteiger charge is -2.45. The van der Waals surface area contributed by atoms with Gasteiger partial charge in [-0.05, 0) is 37.1 Å². The third-order valence-corrected chi connectivity index (χ3v) is 8.78. The average molecular weight is 617 g/mol. The molecule has 1 saturated carbocycles. The Kier molecular flexibility index (Phi) is 8.99. The molecule has 0 radical (unpaired) electrons. The first kappa shape index (κ1) is 29.9. The van der Waals surface area contributed by atoms with Crippen LogP contribution < -0.4 is 0 Å². The van der Waals surface area contributed by atoms with Gasteiger partial charge in [0.05, 0.1) is 35.8 Å². The van der Waals surface area contributed by atoms with E-state index in [9.17, 15) is 38.4 Å². The third kappa shape index (κ3) is 6.00. The molecule has 1 saturated heterocycles. The zero-order valence-corrected chi connectivity index (χ0v) is 23.1. The molecule has 222 valence electrons. The highest BCUT2D eigenvalue weighted by Crippen LogP contribution is 2.35. The van der Waals surface area contributed by atoms with Crippen LogP contribution in [0, 0.1) is 17.5 Å². The van der Waals surface area contributed by atoms with Crippen molar-refractivity contribution in [1.29, 1.82) is 0 Å². The maximum Gasteiger partial charge on any atom is 0.255 e. The Bertz CT molecular complexity index is 1370. The molecule has 3 heterocycles. The first-order valence-corrected chi connectivity index (χ1v) is 14.2. The fourth-order valence-corrected chi connectivity index (χ4v) is 6.55. The predicted molar refractivity (Wildman–Crippen MR) is 140 cm³/mol. The van der Waals surface area contributed by atoms with Crippen LogP contribution in [0.1, 0.15) is 36.6 Å². The third-order valence-electron chi connectivity index (χ3n) is 7.56. The summed E-state index contributed by atoms with van der Waals surface area (Å²) in [5.41, 5.74) is -0.249. The van der Waals surface area contributed by atoms with E-state index in [-0.39, 0.29) is 17.8 Å². The molecule has 3 aromatic rings. The van der Waals surface area contributed by atoms with Crippen molar-refractivity contribution in [2.24, 2.45) is 0 Å². The van der Waals surface area contributed by atoms with Gasteiger partial charge >= 0.3 is 0 Å². The molecule has 2 aromatic heterocycles. The van der Waals surface area contributed by atoms with E-state index in [2.05, 4.69) is 10.3 Å². The normalized spacial score (nSPS) is 28.5. The molecule has 1 aromatic carbocycles. The topological polar surface area (TPSA) is 141 Å². The highest BCUT2D eigenvalue weighted by Gasteiger charge is 2.50. The molecule has 10 nitrogen and oxygen atoms in total. The number of ether oxygens (including phenoxy) is 1. The predicted octanol–water partition coefficient (Wildman–Crippen LogP) is 2.43. The number of nitrogens with zero attached hydrogens (tertiary/aromatic N) is 4.